The number of carbonyl (C=O) groups is 1. The molecule has 0 radical (unpaired) electrons. The van der Waals surface area contributed by atoms with Gasteiger partial charge in [-0.05, 0) is 49.4 Å². The van der Waals surface area contributed by atoms with Crippen LogP contribution in [-0.4, -0.2) is 43.8 Å². The van der Waals surface area contributed by atoms with Gasteiger partial charge in [0, 0.05) is 53.8 Å². The average molecular weight is 517 g/mol. The van der Waals surface area contributed by atoms with Crippen LogP contribution in [0.1, 0.15) is 71.3 Å². The molecule has 4 atom stereocenters. The van der Waals surface area contributed by atoms with Gasteiger partial charge in [0.05, 0.1) is 23.0 Å². The van der Waals surface area contributed by atoms with Crippen molar-refractivity contribution in [2.24, 2.45) is 11.7 Å². The Balaban J connectivity index is 1.35. The van der Waals surface area contributed by atoms with Crippen LogP contribution in [0.15, 0.2) is 48.9 Å². The second kappa shape index (κ2) is 8.04. The number of ether oxygens (including phenoxy) is 1. The van der Waals surface area contributed by atoms with Crippen LogP contribution in [0.2, 0.25) is 0 Å². The molecule has 0 spiro atoms. The van der Waals surface area contributed by atoms with Crippen molar-refractivity contribution in [2.75, 3.05) is 7.05 Å². The third kappa shape index (κ3) is 3.16. The Bertz CT molecular complexity index is 1600. The van der Waals surface area contributed by atoms with Crippen molar-refractivity contribution in [2.45, 2.75) is 50.3 Å². The average Bonchev–Trinajstić information content (AvgIpc) is 3.44. The monoisotopic (exact) mass is 516 g/mol. The number of nitrogens with zero attached hydrogens (tertiary/aromatic N) is 5. The van der Waals surface area contributed by atoms with E-state index < -0.39 is 12.2 Å². The van der Waals surface area contributed by atoms with Crippen LogP contribution < -0.4 is 10.5 Å². The second-order valence-corrected chi connectivity index (χ2v) is 10.6. The van der Waals surface area contributed by atoms with Gasteiger partial charge in [-0.3, -0.25) is 4.79 Å². The minimum absolute atomic E-state index is 0.0220. The van der Waals surface area contributed by atoms with E-state index in [2.05, 4.69) is 16.9 Å². The maximum absolute atomic E-state index is 13.3. The first-order valence-electron chi connectivity index (χ1n) is 12.7. The summed E-state index contributed by atoms with van der Waals surface area (Å²) in [5.74, 6) is 0.453. The minimum atomic E-state index is -3.00. The van der Waals surface area contributed by atoms with Crippen LogP contribution >= 0.6 is 0 Å². The van der Waals surface area contributed by atoms with Gasteiger partial charge >= 0.3 is 6.61 Å². The minimum Gasteiger partial charge on any atom is -0.434 e. The SMILES string of the molecule is CC1CCC1(N)c1ncc(-c2ccc3nc4c(n3c2)C2CC4N(C)C(=O)c3cccc(OC(F)F)c32)cn1. The van der Waals surface area contributed by atoms with Crippen LogP contribution in [0.4, 0.5) is 8.78 Å². The number of halogens is 2. The van der Waals surface area contributed by atoms with Crippen molar-refractivity contribution in [1.82, 2.24) is 24.3 Å². The van der Waals surface area contributed by atoms with Gasteiger partial charge in [0.15, 0.2) is 0 Å². The molecule has 4 heterocycles. The second-order valence-electron chi connectivity index (χ2n) is 10.6. The molecule has 1 aromatic carbocycles. The molecule has 4 aromatic rings. The number of nitrogens with two attached hydrogens (primary N) is 1. The third-order valence-corrected chi connectivity index (χ3v) is 8.71. The Hall–Kier alpha value is -3.92. The molecule has 7 rings (SSSR count). The first-order valence-corrected chi connectivity index (χ1v) is 12.7. The zero-order chi connectivity index (χ0) is 26.3. The number of pyridine rings is 1. The van der Waals surface area contributed by atoms with Crippen molar-refractivity contribution in [3.8, 4) is 16.9 Å². The molecule has 2 N–H and O–H groups in total. The molecule has 194 valence electrons. The fourth-order valence-corrected chi connectivity index (χ4v) is 6.30. The van der Waals surface area contributed by atoms with Crippen molar-refractivity contribution in [1.29, 1.82) is 0 Å². The molecule has 0 saturated heterocycles. The molecular formula is C28H26F2N6O2. The molecule has 2 aliphatic carbocycles. The summed E-state index contributed by atoms with van der Waals surface area (Å²) in [6.45, 7) is -0.880. The maximum atomic E-state index is 13.3. The molecule has 8 nitrogen and oxygen atoms in total. The molecule has 1 saturated carbocycles. The van der Waals surface area contributed by atoms with E-state index in [4.69, 9.17) is 15.5 Å². The summed E-state index contributed by atoms with van der Waals surface area (Å²) in [4.78, 5) is 29.0. The van der Waals surface area contributed by atoms with E-state index in [1.54, 1.807) is 36.5 Å². The Morgan fingerprint density at radius 2 is 1.95 bits per heavy atom. The van der Waals surface area contributed by atoms with Gasteiger partial charge in [0.2, 0.25) is 0 Å². The molecule has 2 bridgehead atoms. The van der Waals surface area contributed by atoms with Crippen molar-refractivity contribution < 1.29 is 18.3 Å². The summed E-state index contributed by atoms with van der Waals surface area (Å²) in [6.07, 6.45) is 8.04. The van der Waals surface area contributed by atoms with E-state index in [0.717, 1.165) is 35.4 Å². The van der Waals surface area contributed by atoms with Gasteiger partial charge in [0.1, 0.15) is 17.2 Å². The normalized spacial score (nSPS) is 25.8. The lowest BCUT2D eigenvalue weighted by atomic mass is 9.68. The van der Waals surface area contributed by atoms with Crippen molar-refractivity contribution in [3.05, 3.63) is 77.3 Å². The molecule has 10 heteroatoms. The summed E-state index contributed by atoms with van der Waals surface area (Å²) in [7, 11) is 1.73. The summed E-state index contributed by atoms with van der Waals surface area (Å²) in [5.41, 5.74) is 11.0. The van der Waals surface area contributed by atoms with Crippen LogP contribution in [0.5, 0.6) is 5.75 Å². The molecule has 38 heavy (non-hydrogen) atoms. The standard InChI is InChI=1S/C28H26F2N6O2/c1-14-8-9-28(14,31)26-32-11-16(12-33-26)15-6-7-21-34-23-19-10-18(24(23)36(21)13-15)22-17(25(37)35(19)2)4-3-5-20(22)38-27(29)30/h3-7,11-14,18-19,27H,8-10,31H2,1-2H3. The lowest BCUT2D eigenvalue weighted by Crippen LogP contribution is -2.51. The number of fused-ring (bicyclic) bond motifs is 9. The van der Waals surface area contributed by atoms with Gasteiger partial charge in [-0.25, -0.2) is 15.0 Å². The first-order chi connectivity index (χ1) is 18.3. The number of rotatable bonds is 4. The highest BCUT2D eigenvalue weighted by Gasteiger charge is 2.46. The summed E-state index contributed by atoms with van der Waals surface area (Å²) >= 11 is 0. The van der Waals surface area contributed by atoms with E-state index in [1.165, 1.54) is 6.07 Å². The first kappa shape index (κ1) is 23.2. The van der Waals surface area contributed by atoms with Gasteiger partial charge in [0.25, 0.3) is 5.91 Å². The number of benzene rings is 1. The van der Waals surface area contributed by atoms with E-state index >= 15 is 0 Å². The number of aromatic nitrogens is 4. The maximum Gasteiger partial charge on any atom is 0.387 e. The molecule has 1 aliphatic heterocycles. The van der Waals surface area contributed by atoms with Gasteiger partial charge in [-0.2, -0.15) is 8.78 Å². The number of hydrogen-bond donors (Lipinski definition) is 1. The molecule has 4 unspecified atom stereocenters. The Morgan fingerprint density at radius 1 is 1.16 bits per heavy atom. The summed E-state index contributed by atoms with van der Waals surface area (Å²) in [5, 5.41) is 0. The quantitative estimate of drug-likeness (QED) is 0.424. The van der Waals surface area contributed by atoms with Crippen molar-refractivity contribution >= 4 is 11.6 Å². The topological polar surface area (TPSA) is 98.6 Å². The molecule has 3 aromatic heterocycles. The molecule has 3 aliphatic rings. The van der Waals surface area contributed by atoms with E-state index in [1.807, 2.05) is 22.7 Å². The third-order valence-electron chi connectivity index (χ3n) is 8.71. The Kier molecular flexibility index (Phi) is 4.91. The highest BCUT2D eigenvalue weighted by Crippen LogP contribution is 2.52. The van der Waals surface area contributed by atoms with E-state index in [9.17, 15) is 13.6 Å². The lowest BCUT2D eigenvalue weighted by Gasteiger charge is -2.43. The highest BCUT2D eigenvalue weighted by molar-refractivity contribution is 5.98. The molecular weight excluding hydrogens is 490 g/mol. The zero-order valence-corrected chi connectivity index (χ0v) is 20.9. The Morgan fingerprint density at radius 3 is 2.63 bits per heavy atom. The number of alkyl halides is 2. The van der Waals surface area contributed by atoms with Crippen LogP contribution in [0.25, 0.3) is 16.8 Å². The summed E-state index contributed by atoms with van der Waals surface area (Å²) in [6, 6.07) is 8.35. The predicted molar refractivity (Wildman–Crippen MR) is 135 cm³/mol. The number of hydrogen-bond acceptors (Lipinski definition) is 6. The number of amides is 1. The molecule has 1 fully saturated rings. The van der Waals surface area contributed by atoms with Gasteiger partial charge < -0.3 is 19.8 Å². The van der Waals surface area contributed by atoms with Crippen molar-refractivity contribution in [3.63, 3.8) is 0 Å². The fraction of sp³-hybridized carbons (Fsp3) is 0.357. The van der Waals surface area contributed by atoms with Crippen LogP contribution in [0.3, 0.4) is 0 Å². The molecule has 1 amide bonds. The highest BCUT2D eigenvalue weighted by atomic mass is 19.3. The smallest absolute Gasteiger partial charge is 0.387 e. The number of carbonyl (C=O) groups excluding carboxylic acids is 1. The van der Waals surface area contributed by atoms with Gasteiger partial charge in [-0.1, -0.05) is 13.0 Å². The van der Waals surface area contributed by atoms with E-state index in [-0.39, 0.29) is 23.6 Å². The number of imidazole rings is 1. The zero-order valence-electron chi connectivity index (χ0n) is 20.9. The summed E-state index contributed by atoms with van der Waals surface area (Å²) < 4.78 is 33.6. The van der Waals surface area contributed by atoms with Crippen LogP contribution in [-0.2, 0) is 5.54 Å². The Labute approximate surface area is 217 Å². The lowest BCUT2D eigenvalue weighted by molar-refractivity contribution is -0.0506. The van der Waals surface area contributed by atoms with Crippen LogP contribution in [0, 0.1) is 5.92 Å². The predicted octanol–water partition coefficient (Wildman–Crippen LogP) is 4.64. The largest absolute Gasteiger partial charge is 0.434 e. The van der Waals surface area contributed by atoms with E-state index in [0.29, 0.717) is 34.9 Å². The van der Waals surface area contributed by atoms with Gasteiger partial charge in [-0.15, -0.1) is 0 Å². The fourth-order valence-electron chi connectivity index (χ4n) is 6.30.